The summed E-state index contributed by atoms with van der Waals surface area (Å²) in [4.78, 5) is -0.304. The van der Waals surface area contributed by atoms with Gasteiger partial charge >= 0.3 is 0 Å². The number of benzene rings is 1. The van der Waals surface area contributed by atoms with Crippen LogP contribution in [-0.4, -0.2) is 20.3 Å². The highest BCUT2D eigenvalue weighted by Gasteiger charge is 2.29. The second-order valence-electron chi connectivity index (χ2n) is 4.84. The van der Waals surface area contributed by atoms with E-state index in [2.05, 4.69) is 20.7 Å². The molecule has 0 aromatic heterocycles. The fraction of sp³-hybridized carbons (Fsp3) is 0.538. The molecule has 0 spiro atoms. The van der Waals surface area contributed by atoms with Gasteiger partial charge in [0.15, 0.2) is 5.82 Å². The molecule has 0 saturated heterocycles. The summed E-state index contributed by atoms with van der Waals surface area (Å²) in [6, 6.07) is 2.37. The van der Waals surface area contributed by atoms with Gasteiger partial charge in [0.25, 0.3) is 0 Å². The number of hydrogen-bond donors (Lipinski definition) is 1. The zero-order valence-electron chi connectivity index (χ0n) is 11.7. The van der Waals surface area contributed by atoms with Gasteiger partial charge < -0.3 is 0 Å². The van der Waals surface area contributed by atoms with Crippen LogP contribution < -0.4 is 4.72 Å². The molecule has 0 amide bonds. The molecule has 1 N–H and O–H groups in total. The van der Waals surface area contributed by atoms with Crippen molar-refractivity contribution in [2.45, 2.75) is 31.6 Å². The molecule has 0 aliphatic carbocycles. The van der Waals surface area contributed by atoms with Gasteiger partial charge in [0, 0.05) is 11.9 Å². The summed E-state index contributed by atoms with van der Waals surface area (Å²) >= 11 is 14.7. The summed E-state index contributed by atoms with van der Waals surface area (Å²) in [5.41, 5.74) is -0.190. The third-order valence-electron chi connectivity index (χ3n) is 3.71. The molecule has 0 aliphatic heterocycles. The van der Waals surface area contributed by atoms with Crippen molar-refractivity contribution in [1.82, 2.24) is 4.72 Å². The predicted molar refractivity (Wildman–Crippen MR) is 88.4 cm³/mol. The van der Waals surface area contributed by atoms with Gasteiger partial charge in [-0.1, -0.05) is 53.0 Å². The molecule has 3 nitrogen and oxygen atoms in total. The van der Waals surface area contributed by atoms with E-state index in [0.29, 0.717) is 5.33 Å². The molecule has 0 saturated carbocycles. The number of nitrogens with one attached hydrogen (secondary N) is 1. The minimum absolute atomic E-state index is 0.190. The first kappa shape index (κ1) is 19.2. The number of alkyl halides is 1. The molecule has 0 fully saturated rings. The second-order valence-corrected chi connectivity index (χ2v) is 7.92. The molecule has 8 heteroatoms. The molecule has 0 atom stereocenters. The van der Waals surface area contributed by atoms with Crippen molar-refractivity contribution in [3.05, 3.63) is 28.0 Å². The van der Waals surface area contributed by atoms with Crippen molar-refractivity contribution in [2.75, 3.05) is 11.9 Å². The summed E-state index contributed by atoms with van der Waals surface area (Å²) in [7, 11) is -3.90. The van der Waals surface area contributed by atoms with Crippen LogP contribution in [0.2, 0.25) is 10.0 Å². The lowest BCUT2D eigenvalue weighted by atomic mass is 9.85. The van der Waals surface area contributed by atoms with Gasteiger partial charge in [0.2, 0.25) is 10.0 Å². The van der Waals surface area contributed by atoms with Crippen LogP contribution in [0.1, 0.15) is 26.7 Å². The van der Waals surface area contributed by atoms with E-state index in [1.165, 1.54) is 12.1 Å². The monoisotopic (exact) mass is 419 g/mol. The van der Waals surface area contributed by atoms with Crippen LogP contribution in [-0.2, 0) is 10.0 Å². The molecular formula is C13H17BrCl2FNO2S. The highest BCUT2D eigenvalue weighted by molar-refractivity contribution is 9.09. The van der Waals surface area contributed by atoms with E-state index >= 15 is 0 Å². The first-order chi connectivity index (χ1) is 9.73. The van der Waals surface area contributed by atoms with Crippen LogP contribution in [0.15, 0.2) is 17.0 Å². The summed E-state index contributed by atoms with van der Waals surface area (Å²) in [6.07, 6.45) is 1.61. The van der Waals surface area contributed by atoms with Crippen LogP contribution in [0.5, 0.6) is 0 Å². The largest absolute Gasteiger partial charge is 0.242 e. The van der Waals surface area contributed by atoms with Crippen LogP contribution in [0, 0.1) is 11.2 Å². The number of hydrogen-bond acceptors (Lipinski definition) is 2. The van der Waals surface area contributed by atoms with Crippen LogP contribution in [0.25, 0.3) is 0 Å². The summed E-state index contributed by atoms with van der Waals surface area (Å²) < 4.78 is 40.7. The molecule has 0 heterocycles. The smallest absolute Gasteiger partial charge is 0.211 e. The molecule has 21 heavy (non-hydrogen) atoms. The standard InChI is InChI=1S/C13H17BrCl2FNO2S/c1-3-13(4-2,7-14)8-18-21(19,20)10-6-5-9(15)12(17)11(10)16/h5-6,18H,3-4,7-8H2,1-2H3. The molecule has 1 rings (SSSR count). The van der Waals surface area contributed by atoms with E-state index in [1.807, 2.05) is 13.8 Å². The Kier molecular flexibility index (Phi) is 6.93. The average Bonchev–Trinajstić information content (AvgIpc) is 2.46. The minimum Gasteiger partial charge on any atom is -0.211 e. The Morgan fingerprint density at radius 1 is 1.29 bits per heavy atom. The minimum atomic E-state index is -3.90. The van der Waals surface area contributed by atoms with E-state index in [9.17, 15) is 12.8 Å². The van der Waals surface area contributed by atoms with Gasteiger partial charge in [0.05, 0.1) is 10.0 Å². The van der Waals surface area contributed by atoms with Crippen LogP contribution in [0.3, 0.4) is 0 Å². The Labute approximate surface area is 143 Å². The molecule has 120 valence electrons. The van der Waals surface area contributed by atoms with Crippen molar-refractivity contribution in [3.8, 4) is 0 Å². The topological polar surface area (TPSA) is 46.2 Å². The Hall–Kier alpha value is 0.120. The van der Waals surface area contributed by atoms with Crippen LogP contribution in [0.4, 0.5) is 4.39 Å². The van der Waals surface area contributed by atoms with Crippen molar-refractivity contribution in [3.63, 3.8) is 0 Å². The van der Waals surface area contributed by atoms with Gasteiger partial charge in [-0.05, 0) is 30.4 Å². The maximum atomic E-state index is 13.6. The molecule has 1 aromatic rings. The molecule has 0 aliphatic rings. The Morgan fingerprint density at radius 2 is 1.86 bits per heavy atom. The van der Waals surface area contributed by atoms with Gasteiger partial charge in [-0.15, -0.1) is 0 Å². The Bertz CT molecular complexity index is 598. The highest BCUT2D eigenvalue weighted by Crippen LogP contribution is 2.31. The van der Waals surface area contributed by atoms with Crippen molar-refractivity contribution >= 4 is 49.2 Å². The SMILES string of the molecule is CCC(CC)(CBr)CNS(=O)(=O)c1ccc(Cl)c(F)c1Cl. The van der Waals surface area contributed by atoms with Crippen molar-refractivity contribution in [1.29, 1.82) is 0 Å². The lowest BCUT2D eigenvalue weighted by molar-refractivity contribution is 0.309. The number of rotatable bonds is 7. The van der Waals surface area contributed by atoms with Crippen molar-refractivity contribution < 1.29 is 12.8 Å². The van der Waals surface area contributed by atoms with Crippen LogP contribution >= 0.6 is 39.1 Å². The maximum absolute atomic E-state index is 13.6. The summed E-state index contributed by atoms with van der Waals surface area (Å²) in [5, 5.41) is -0.0404. The third-order valence-corrected chi connectivity index (χ3v) is 7.12. The van der Waals surface area contributed by atoms with E-state index in [1.54, 1.807) is 0 Å². The summed E-state index contributed by atoms with van der Waals surface area (Å²) in [6.45, 7) is 4.23. The Morgan fingerprint density at radius 3 is 2.33 bits per heavy atom. The number of sulfonamides is 1. The van der Waals surface area contributed by atoms with E-state index in [-0.39, 0.29) is 21.9 Å². The lowest BCUT2D eigenvalue weighted by Gasteiger charge is -2.29. The third kappa shape index (κ3) is 4.32. The second kappa shape index (κ2) is 7.59. The van der Waals surface area contributed by atoms with Gasteiger partial charge in [-0.25, -0.2) is 17.5 Å². The summed E-state index contributed by atoms with van der Waals surface area (Å²) in [5.74, 6) is -0.932. The lowest BCUT2D eigenvalue weighted by Crippen LogP contribution is -2.38. The maximum Gasteiger partial charge on any atom is 0.242 e. The van der Waals surface area contributed by atoms with E-state index in [0.717, 1.165) is 12.8 Å². The number of halogens is 4. The first-order valence-corrected chi connectivity index (χ1v) is 9.78. The highest BCUT2D eigenvalue weighted by atomic mass is 79.9. The normalized spacial score (nSPS) is 12.7. The molecular weight excluding hydrogens is 404 g/mol. The molecule has 1 aromatic carbocycles. The quantitative estimate of drug-likeness (QED) is 0.517. The first-order valence-electron chi connectivity index (χ1n) is 6.42. The zero-order valence-corrected chi connectivity index (χ0v) is 15.6. The van der Waals surface area contributed by atoms with Gasteiger partial charge in [-0.2, -0.15) is 0 Å². The molecule has 0 radical (unpaired) electrons. The van der Waals surface area contributed by atoms with Crippen molar-refractivity contribution in [2.24, 2.45) is 5.41 Å². The predicted octanol–water partition coefficient (Wildman–Crippen LogP) is 4.61. The molecule has 0 unspecified atom stereocenters. The van der Waals surface area contributed by atoms with Gasteiger partial charge in [-0.3, -0.25) is 0 Å². The fourth-order valence-corrected chi connectivity index (χ4v) is 4.67. The average molecular weight is 421 g/mol. The van der Waals surface area contributed by atoms with E-state index < -0.39 is 20.9 Å². The van der Waals surface area contributed by atoms with Gasteiger partial charge in [0.1, 0.15) is 4.90 Å². The zero-order chi connectivity index (χ0) is 16.3. The fourth-order valence-electron chi connectivity index (χ4n) is 1.78. The molecule has 0 bridgehead atoms. The van der Waals surface area contributed by atoms with E-state index in [4.69, 9.17) is 23.2 Å². The Balaban J connectivity index is 3.06.